The summed E-state index contributed by atoms with van der Waals surface area (Å²) in [5.41, 5.74) is 3.73. The van der Waals surface area contributed by atoms with Crippen LogP contribution in [0, 0.1) is 6.92 Å². The predicted molar refractivity (Wildman–Crippen MR) is 116 cm³/mol. The Kier molecular flexibility index (Phi) is 5.80. The Labute approximate surface area is 175 Å². The molecule has 0 unspecified atom stereocenters. The molecular weight excluding hydrogens is 374 g/mol. The van der Waals surface area contributed by atoms with Crippen molar-refractivity contribution in [3.63, 3.8) is 0 Å². The first kappa shape index (κ1) is 19.3. The third-order valence-electron chi connectivity index (χ3n) is 4.57. The van der Waals surface area contributed by atoms with Gasteiger partial charge < -0.3 is 10.1 Å². The highest BCUT2D eigenvalue weighted by Crippen LogP contribution is 2.23. The molecule has 0 aliphatic carbocycles. The van der Waals surface area contributed by atoms with Crippen molar-refractivity contribution in [2.45, 2.75) is 13.5 Å². The van der Waals surface area contributed by atoms with E-state index < -0.39 is 0 Å². The molecule has 1 aromatic heterocycles. The molecule has 0 radical (unpaired) electrons. The van der Waals surface area contributed by atoms with Gasteiger partial charge in [-0.25, -0.2) is 4.98 Å². The minimum atomic E-state index is -0.130. The Morgan fingerprint density at radius 2 is 1.63 bits per heavy atom. The number of aryl methyl sites for hydroxylation is 1. The minimum Gasteiger partial charge on any atom is -0.439 e. The topological polar surface area (TPSA) is 64.1 Å². The molecule has 148 valence electrons. The zero-order chi connectivity index (χ0) is 20.8. The number of ether oxygens (including phenoxy) is 1. The van der Waals surface area contributed by atoms with Gasteiger partial charge in [0.1, 0.15) is 5.75 Å². The monoisotopic (exact) mass is 395 g/mol. The van der Waals surface area contributed by atoms with Crippen molar-refractivity contribution >= 4 is 5.91 Å². The van der Waals surface area contributed by atoms with Crippen LogP contribution in [0.3, 0.4) is 0 Å². The second-order valence-corrected chi connectivity index (χ2v) is 6.88. The molecular formula is C25H21N3O2. The number of amides is 1. The van der Waals surface area contributed by atoms with Crippen LogP contribution in [0.15, 0.2) is 91.1 Å². The van der Waals surface area contributed by atoms with Gasteiger partial charge in [-0.2, -0.15) is 4.98 Å². The van der Waals surface area contributed by atoms with Crippen molar-refractivity contribution in [1.82, 2.24) is 15.3 Å². The smallest absolute Gasteiger partial charge is 0.251 e. The number of aromatic nitrogens is 2. The van der Waals surface area contributed by atoms with Gasteiger partial charge in [0.25, 0.3) is 5.91 Å². The first-order chi connectivity index (χ1) is 14.7. The maximum absolute atomic E-state index is 12.3. The van der Waals surface area contributed by atoms with Crippen LogP contribution in [0.2, 0.25) is 0 Å². The van der Waals surface area contributed by atoms with Gasteiger partial charge >= 0.3 is 0 Å². The zero-order valence-corrected chi connectivity index (χ0v) is 16.6. The van der Waals surface area contributed by atoms with Crippen LogP contribution in [0.4, 0.5) is 0 Å². The number of nitrogens with zero attached hydrogens (tertiary/aromatic N) is 2. The van der Waals surface area contributed by atoms with E-state index in [1.54, 1.807) is 36.5 Å². The molecule has 4 rings (SSSR count). The molecule has 0 saturated carbocycles. The minimum absolute atomic E-state index is 0.130. The lowest BCUT2D eigenvalue weighted by Crippen LogP contribution is -2.22. The Morgan fingerprint density at radius 1 is 0.900 bits per heavy atom. The highest BCUT2D eigenvalue weighted by atomic mass is 16.5. The summed E-state index contributed by atoms with van der Waals surface area (Å²) in [6, 6.07) is 26.5. The standard InChI is InChI=1S/C25H21N3O2/c1-18-7-9-20(10-8-18)24-26-16-15-23(28-24)30-22-13-11-21(12-14-22)25(29)27-17-19-5-3-2-4-6-19/h2-16H,17H2,1H3,(H,27,29). The zero-order valence-electron chi connectivity index (χ0n) is 16.6. The summed E-state index contributed by atoms with van der Waals surface area (Å²) in [6.07, 6.45) is 1.67. The van der Waals surface area contributed by atoms with Gasteiger partial charge in [-0.1, -0.05) is 60.2 Å². The van der Waals surface area contributed by atoms with Crippen molar-refractivity contribution in [1.29, 1.82) is 0 Å². The molecule has 5 nitrogen and oxygen atoms in total. The van der Waals surface area contributed by atoms with Crippen LogP contribution in [-0.2, 0) is 6.54 Å². The largest absolute Gasteiger partial charge is 0.439 e. The molecule has 0 atom stereocenters. The lowest BCUT2D eigenvalue weighted by Gasteiger charge is -2.08. The SMILES string of the molecule is Cc1ccc(-c2nccc(Oc3ccc(C(=O)NCc4ccccc4)cc3)n2)cc1. The summed E-state index contributed by atoms with van der Waals surface area (Å²) in [7, 11) is 0. The van der Waals surface area contributed by atoms with Gasteiger partial charge in [-0.05, 0) is 36.8 Å². The molecule has 1 N–H and O–H groups in total. The van der Waals surface area contributed by atoms with E-state index in [0.29, 0.717) is 29.6 Å². The Morgan fingerprint density at radius 3 is 2.37 bits per heavy atom. The number of carbonyl (C=O) groups is 1. The third-order valence-corrected chi connectivity index (χ3v) is 4.57. The first-order valence-corrected chi connectivity index (χ1v) is 9.67. The quantitative estimate of drug-likeness (QED) is 0.489. The molecule has 1 heterocycles. The van der Waals surface area contributed by atoms with Crippen molar-refractivity contribution in [3.8, 4) is 23.0 Å². The van der Waals surface area contributed by atoms with E-state index in [1.807, 2.05) is 61.5 Å². The lowest BCUT2D eigenvalue weighted by atomic mass is 10.1. The number of nitrogens with one attached hydrogen (secondary N) is 1. The summed E-state index contributed by atoms with van der Waals surface area (Å²) in [4.78, 5) is 21.1. The Bertz CT molecular complexity index is 1130. The number of hydrogen-bond acceptors (Lipinski definition) is 4. The predicted octanol–water partition coefficient (Wildman–Crippen LogP) is 5.17. The molecule has 0 aliphatic rings. The van der Waals surface area contributed by atoms with E-state index in [1.165, 1.54) is 5.56 Å². The van der Waals surface area contributed by atoms with Crippen molar-refractivity contribution < 1.29 is 9.53 Å². The van der Waals surface area contributed by atoms with Crippen LogP contribution in [0.5, 0.6) is 11.6 Å². The van der Waals surface area contributed by atoms with Crippen molar-refractivity contribution in [3.05, 3.63) is 108 Å². The highest BCUT2D eigenvalue weighted by molar-refractivity contribution is 5.94. The maximum Gasteiger partial charge on any atom is 0.251 e. The number of hydrogen-bond donors (Lipinski definition) is 1. The molecule has 0 saturated heterocycles. The average Bonchev–Trinajstić information content (AvgIpc) is 2.79. The van der Waals surface area contributed by atoms with E-state index in [2.05, 4.69) is 15.3 Å². The van der Waals surface area contributed by atoms with Crippen molar-refractivity contribution in [2.24, 2.45) is 0 Å². The van der Waals surface area contributed by atoms with E-state index >= 15 is 0 Å². The maximum atomic E-state index is 12.3. The second-order valence-electron chi connectivity index (χ2n) is 6.88. The fourth-order valence-corrected chi connectivity index (χ4v) is 2.92. The molecule has 0 fully saturated rings. The van der Waals surface area contributed by atoms with Crippen molar-refractivity contribution in [2.75, 3.05) is 0 Å². The van der Waals surface area contributed by atoms with Gasteiger partial charge in [0.15, 0.2) is 5.82 Å². The summed E-state index contributed by atoms with van der Waals surface area (Å²) in [6.45, 7) is 2.52. The van der Waals surface area contributed by atoms with E-state index in [-0.39, 0.29) is 5.91 Å². The third kappa shape index (κ3) is 4.89. The van der Waals surface area contributed by atoms with Crippen LogP contribution >= 0.6 is 0 Å². The summed E-state index contributed by atoms with van der Waals surface area (Å²) >= 11 is 0. The van der Waals surface area contributed by atoms with Crippen LogP contribution < -0.4 is 10.1 Å². The average molecular weight is 395 g/mol. The second kappa shape index (κ2) is 9.01. The summed E-state index contributed by atoms with van der Waals surface area (Å²) < 4.78 is 5.85. The summed E-state index contributed by atoms with van der Waals surface area (Å²) in [5.74, 6) is 1.52. The fourth-order valence-electron chi connectivity index (χ4n) is 2.92. The molecule has 0 bridgehead atoms. The van der Waals surface area contributed by atoms with Gasteiger partial charge in [0, 0.05) is 29.9 Å². The Balaban J connectivity index is 1.40. The molecule has 0 spiro atoms. The van der Waals surface area contributed by atoms with Crippen LogP contribution in [-0.4, -0.2) is 15.9 Å². The van der Waals surface area contributed by atoms with E-state index in [9.17, 15) is 4.79 Å². The molecule has 1 amide bonds. The molecule has 30 heavy (non-hydrogen) atoms. The fraction of sp³-hybridized carbons (Fsp3) is 0.0800. The molecule has 0 aliphatic heterocycles. The van der Waals surface area contributed by atoms with Crippen LogP contribution in [0.25, 0.3) is 11.4 Å². The van der Waals surface area contributed by atoms with Crippen LogP contribution in [0.1, 0.15) is 21.5 Å². The molecule has 4 aromatic rings. The van der Waals surface area contributed by atoms with Gasteiger partial charge in [-0.15, -0.1) is 0 Å². The number of benzene rings is 3. The van der Waals surface area contributed by atoms with E-state index in [0.717, 1.165) is 11.1 Å². The van der Waals surface area contributed by atoms with E-state index in [4.69, 9.17) is 4.74 Å². The van der Waals surface area contributed by atoms with Gasteiger partial charge in [-0.3, -0.25) is 4.79 Å². The Hall–Kier alpha value is -3.99. The molecule has 3 aromatic carbocycles. The van der Waals surface area contributed by atoms with Gasteiger partial charge in [0.05, 0.1) is 0 Å². The lowest BCUT2D eigenvalue weighted by molar-refractivity contribution is 0.0951. The molecule has 5 heteroatoms. The number of carbonyl (C=O) groups excluding carboxylic acids is 1. The number of rotatable bonds is 6. The highest BCUT2D eigenvalue weighted by Gasteiger charge is 2.08. The van der Waals surface area contributed by atoms with Gasteiger partial charge in [0.2, 0.25) is 5.88 Å². The normalized spacial score (nSPS) is 10.4. The summed E-state index contributed by atoms with van der Waals surface area (Å²) in [5, 5.41) is 2.91. The first-order valence-electron chi connectivity index (χ1n) is 9.67.